The molecule has 0 amide bonds. The molecule has 4 atom stereocenters. The van der Waals surface area contributed by atoms with Gasteiger partial charge in [-0.2, -0.15) is 0 Å². The summed E-state index contributed by atoms with van der Waals surface area (Å²) >= 11 is 0. The van der Waals surface area contributed by atoms with Crippen LogP contribution in [0.2, 0.25) is 0 Å². The molecule has 2 aliphatic rings. The van der Waals surface area contributed by atoms with E-state index in [1.165, 1.54) is 0 Å². The number of hydrogen-bond donors (Lipinski definition) is 2. The molecule has 2 rings (SSSR count). The number of fused-ring (bicyclic) bond motifs is 2. The van der Waals surface area contributed by atoms with Crippen LogP contribution in [-0.4, -0.2) is 34.6 Å². The third kappa shape index (κ3) is 1.28. The second kappa shape index (κ2) is 2.73. The fourth-order valence-corrected chi connectivity index (χ4v) is 1.97. The molecule has 3 nitrogen and oxygen atoms in total. The summed E-state index contributed by atoms with van der Waals surface area (Å²) in [5, 5.41) is 18.9. The molecule has 0 aromatic carbocycles. The molecule has 2 N–H and O–H groups in total. The van der Waals surface area contributed by atoms with E-state index in [0.29, 0.717) is 12.8 Å². The molecule has 0 radical (unpaired) electrons. The zero-order valence-electron chi connectivity index (χ0n) is 6.44. The maximum absolute atomic E-state index is 9.46. The molecular formula is C8H14O3. The van der Waals surface area contributed by atoms with Crippen LogP contribution >= 0.6 is 0 Å². The van der Waals surface area contributed by atoms with Gasteiger partial charge in [0.25, 0.3) is 0 Å². The van der Waals surface area contributed by atoms with Gasteiger partial charge in [-0.1, -0.05) is 0 Å². The van der Waals surface area contributed by atoms with Crippen LogP contribution in [0.5, 0.6) is 0 Å². The van der Waals surface area contributed by atoms with Gasteiger partial charge >= 0.3 is 0 Å². The van der Waals surface area contributed by atoms with Crippen molar-refractivity contribution in [2.75, 3.05) is 0 Å². The number of aliphatic hydroxyl groups is 2. The fraction of sp³-hybridized carbons (Fsp3) is 1.00. The van der Waals surface area contributed by atoms with Gasteiger partial charge in [-0.15, -0.1) is 0 Å². The minimum atomic E-state index is -0.350. The summed E-state index contributed by atoms with van der Waals surface area (Å²) in [4.78, 5) is 0. The number of ether oxygens (including phenoxy) is 1. The lowest BCUT2D eigenvalue weighted by atomic mass is 9.97. The molecule has 2 saturated heterocycles. The molecule has 2 bridgehead atoms. The summed E-state index contributed by atoms with van der Waals surface area (Å²) in [5.41, 5.74) is 0. The Kier molecular flexibility index (Phi) is 1.87. The van der Waals surface area contributed by atoms with Gasteiger partial charge in [0.05, 0.1) is 24.4 Å². The maximum Gasteiger partial charge on any atom is 0.0840 e. The first kappa shape index (κ1) is 7.53. The Balaban J connectivity index is 2.07. The summed E-state index contributed by atoms with van der Waals surface area (Å²) in [6.07, 6.45) is 2.47. The van der Waals surface area contributed by atoms with Crippen LogP contribution in [0.1, 0.15) is 25.7 Å². The van der Waals surface area contributed by atoms with E-state index in [4.69, 9.17) is 4.74 Å². The number of aliphatic hydroxyl groups excluding tert-OH is 2. The van der Waals surface area contributed by atoms with E-state index < -0.39 is 0 Å². The zero-order valence-corrected chi connectivity index (χ0v) is 6.44. The second-order valence-corrected chi connectivity index (χ2v) is 3.50. The Morgan fingerprint density at radius 1 is 0.818 bits per heavy atom. The second-order valence-electron chi connectivity index (χ2n) is 3.50. The van der Waals surface area contributed by atoms with E-state index >= 15 is 0 Å². The molecule has 0 aromatic rings. The van der Waals surface area contributed by atoms with Crippen LogP contribution < -0.4 is 0 Å². The first-order valence-corrected chi connectivity index (χ1v) is 4.29. The van der Waals surface area contributed by atoms with Crippen LogP contribution in [0.15, 0.2) is 0 Å². The lowest BCUT2D eigenvalue weighted by Crippen LogP contribution is -2.24. The average Bonchev–Trinajstić information content (AvgIpc) is 2.42. The first-order valence-electron chi connectivity index (χ1n) is 4.29. The predicted octanol–water partition coefficient (Wildman–Crippen LogP) is 0.0496. The molecule has 2 aliphatic heterocycles. The van der Waals surface area contributed by atoms with Gasteiger partial charge in [0.15, 0.2) is 0 Å². The Bertz CT molecular complexity index is 132. The summed E-state index contributed by atoms with van der Waals surface area (Å²) in [7, 11) is 0. The summed E-state index contributed by atoms with van der Waals surface area (Å²) in [6.45, 7) is 0. The van der Waals surface area contributed by atoms with Gasteiger partial charge in [0, 0.05) is 0 Å². The molecule has 0 aliphatic carbocycles. The lowest BCUT2D eigenvalue weighted by molar-refractivity contribution is -0.0493. The Labute approximate surface area is 66.0 Å². The van der Waals surface area contributed by atoms with E-state index in [9.17, 15) is 10.2 Å². The minimum absolute atomic E-state index is 0.00264. The largest absolute Gasteiger partial charge is 0.390 e. The van der Waals surface area contributed by atoms with Gasteiger partial charge in [0.2, 0.25) is 0 Å². The summed E-state index contributed by atoms with van der Waals surface area (Å²) < 4.78 is 5.45. The molecule has 0 saturated carbocycles. The van der Waals surface area contributed by atoms with Crippen LogP contribution in [-0.2, 0) is 4.74 Å². The predicted molar refractivity (Wildman–Crippen MR) is 39.1 cm³/mol. The van der Waals surface area contributed by atoms with Crippen molar-refractivity contribution in [3.63, 3.8) is 0 Å². The van der Waals surface area contributed by atoms with E-state index in [1.807, 2.05) is 0 Å². The average molecular weight is 158 g/mol. The van der Waals surface area contributed by atoms with Crippen molar-refractivity contribution >= 4 is 0 Å². The molecule has 64 valence electrons. The molecule has 0 spiro atoms. The smallest absolute Gasteiger partial charge is 0.0840 e. The number of rotatable bonds is 0. The molecule has 0 unspecified atom stereocenters. The lowest BCUT2D eigenvalue weighted by Gasteiger charge is -2.14. The molecule has 3 heteroatoms. The van der Waals surface area contributed by atoms with E-state index in [0.717, 1.165) is 12.8 Å². The van der Waals surface area contributed by atoms with E-state index in [1.54, 1.807) is 0 Å². The molecular weight excluding hydrogens is 144 g/mol. The highest BCUT2D eigenvalue weighted by molar-refractivity contribution is 4.87. The molecule has 2 heterocycles. The zero-order chi connectivity index (χ0) is 7.84. The van der Waals surface area contributed by atoms with Crippen molar-refractivity contribution in [2.24, 2.45) is 0 Å². The van der Waals surface area contributed by atoms with Gasteiger partial charge < -0.3 is 14.9 Å². The van der Waals surface area contributed by atoms with Gasteiger partial charge in [-0.3, -0.25) is 0 Å². The van der Waals surface area contributed by atoms with E-state index in [-0.39, 0.29) is 24.4 Å². The topological polar surface area (TPSA) is 49.7 Å². The van der Waals surface area contributed by atoms with E-state index in [2.05, 4.69) is 0 Å². The number of hydrogen-bond acceptors (Lipinski definition) is 3. The maximum atomic E-state index is 9.46. The highest BCUT2D eigenvalue weighted by Crippen LogP contribution is 2.31. The van der Waals surface area contributed by atoms with Gasteiger partial charge in [-0.05, 0) is 25.7 Å². The van der Waals surface area contributed by atoms with Crippen molar-refractivity contribution in [2.45, 2.75) is 50.1 Å². The Morgan fingerprint density at radius 3 is 1.73 bits per heavy atom. The SMILES string of the molecule is O[C@H]1CC[C@H](O)[C@H]2CC[C@@H]1O2. The van der Waals surface area contributed by atoms with Crippen molar-refractivity contribution in [3.8, 4) is 0 Å². The standard InChI is InChI=1S/C8H14O3/c9-5-1-2-6(10)8-4-3-7(5)11-8/h5-10H,1-4H2/t5-,6-,7-,8+/m0/s1. The summed E-state index contributed by atoms with van der Waals surface area (Å²) in [5.74, 6) is 0. The quantitative estimate of drug-likeness (QED) is 0.523. The highest BCUT2D eigenvalue weighted by Gasteiger charge is 2.37. The third-order valence-electron chi connectivity index (χ3n) is 2.70. The highest BCUT2D eigenvalue weighted by atomic mass is 16.5. The van der Waals surface area contributed by atoms with Gasteiger partial charge in [-0.25, -0.2) is 0 Å². The van der Waals surface area contributed by atoms with Crippen LogP contribution in [0.25, 0.3) is 0 Å². The van der Waals surface area contributed by atoms with Crippen molar-refractivity contribution < 1.29 is 14.9 Å². The normalized spacial score (nSPS) is 50.7. The fourth-order valence-electron chi connectivity index (χ4n) is 1.97. The molecule has 11 heavy (non-hydrogen) atoms. The Morgan fingerprint density at radius 2 is 1.27 bits per heavy atom. The van der Waals surface area contributed by atoms with Crippen molar-refractivity contribution in [3.05, 3.63) is 0 Å². The van der Waals surface area contributed by atoms with Crippen molar-refractivity contribution in [1.82, 2.24) is 0 Å². The summed E-state index contributed by atoms with van der Waals surface area (Å²) in [6, 6.07) is 0. The minimum Gasteiger partial charge on any atom is -0.390 e. The first-order chi connectivity index (χ1) is 5.27. The van der Waals surface area contributed by atoms with Crippen LogP contribution in [0, 0.1) is 0 Å². The molecule has 0 aromatic heterocycles. The Hall–Kier alpha value is -0.120. The third-order valence-corrected chi connectivity index (χ3v) is 2.70. The molecule has 2 fully saturated rings. The van der Waals surface area contributed by atoms with Gasteiger partial charge in [0.1, 0.15) is 0 Å². The van der Waals surface area contributed by atoms with Crippen molar-refractivity contribution in [1.29, 1.82) is 0 Å². The monoisotopic (exact) mass is 158 g/mol. The van der Waals surface area contributed by atoms with Crippen LogP contribution in [0.3, 0.4) is 0 Å². The van der Waals surface area contributed by atoms with Crippen LogP contribution in [0.4, 0.5) is 0 Å².